The van der Waals surface area contributed by atoms with Gasteiger partial charge in [0.1, 0.15) is 17.2 Å². The maximum atomic E-state index is 11.0. The van der Waals surface area contributed by atoms with Crippen LogP contribution in [-0.2, 0) is 0 Å². The third kappa shape index (κ3) is 4.97. The molecule has 0 aliphatic rings. The zero-order chi connectivity index (χ0) is 43.4. The van der Waals surface area contributed by atoms with Crippen LogP contribution in [0.2, 0.25) is 0 Å². The van der Waals surface area contributed by atoms with Gasteiger partial charge >= 0.3 is 0 Å². The Labute approximate surface area is 344 Å². The molecule has 0 N–H and O–H groups in total. The van der Waals surface area contributed by atoms with Gasteiger partial charge in [-0.2, -0.15) is 5.26 Å². The van der Waals surface area contributed by atoms with Crippen molar-refractivity contribution in [2.45, 2.75) is 0 Å². The number of furan rings is 1. The maximum Gasteiger partial charge on any atom is 0.167 e. The second-order valence-electron chi connectivity index (χ2n) is 14.3. The Morgan fingerprint density at radius 2 is 1.20 bits per heavy atom. The molecule has 0 saturated carbocycles. The largest absolute Gasteiger partial charge is 0.455 e. The second kappa shape index (κ2) is 12.8. The first-order chi connectivity index (χ1) is 31.3. The van der Waals surface area contributed by atoms with E-state index in [2.05, 4.69) is 16.7 Å². The molecule has 4 heterocycles. The highest BCUT2D eigenvalue weighted by molar-refractivity contribution is 6.26. The lowest BCUT2D eigenvalue weighted by atomic mass is 10.1. The van der Waals surface area contributed by atoms with Gasteiger partial charge in [-0.25, -0.2) is 15.0 Å². The van der Waals surface area contributed by atoms with Crippen molar-refractivity contribution in [2.75, 3.05) is 0 Å². The lowest BCUT2D eigenvalue weighted by Gasteiger charge is -2.13. The molecular weight excluding hydrogens is 725 g/mol. The Bertz CT molecular complexity index is 3970. The van der Waals surface area contributed by atoms with E-state index in [0.717, 1.165) is 54.5 Å². The van der Waals surface area contributed by atoms with Crippen molar-refractivity contribution in [3.63, 3.8) is 0 Å². The quantitative estimate of drug-likeness (QED) is 0.174. The topological polar surface area (TPSA) is 85.5 Å². The van der Waals surface area contributed by atoms with Crippen LogP contribution < -0.4 is 0 Å². The number of nitrogens with zero attached hydrogens (tertiary/aromatic N) is 6. The summed E-state index contributed by atoms with van der Waals surface area (Å²) < 4.78 is 53.5. The number of hydrogen-bond donors (Lipinski definition) is 0. The highest BCUT2D eigenvalue weighted by Crippen LogP contribution is 2.43. The number of hydrogen-bond acceptors (Lipinski definition) is 5. The summed E-state index contributed by atoms with van der Waals surface area (Å²) in [5.41, 5.74) is 7.60. The molecule has 7 heteroatoms. The van der Waals surface area contributed by atoms with E-state index in [4.69, 9.17) is 26.2 Å². The molecule has 0 spiro atoms. The molecule has 274 valence electrons. The van der Waals surface area contributed by atoms with Crippen LogP contribution in [0, 0.1) is 11.3 Å². The average Bonchev–Trinajstić information content (AvgIpc) is 4.01. The van der Waals surface area contributed by atoms with Crippen LogP contribution in [0.15, 0.2) is 186 Å². The van der Waals surface area contributed by atoms with Gasteiger partial charge in [0.05, 0.1) is 45.7 Å². The summed E-state index contributed by atoms with van der Waals surface area (Å²) in [7, 11) is 0. The van der Waals surface area contributed by atoms with Crippen LogP contribution in [0.3, 0.4) is 0 Å². The molecule has 8 aromatic carbocycles. The van der Waals surface area contributed by atoms with Gasteiger partial charge in [0, 0.05) is 49.1 Å². The average molecular weight is 760 g/mol. The lowest BCUT2D eigenvalue weighted by Crippen LogP contribution is -2.02. The minimum atomic E-state index is -0.456. The number of para-hydroxylation sites is 5. The lowest BCUT2D eigenvalue weighted by molar-refractivity contribution is 0.669. The molecule has 0 saturated heterocycles. The van der Waals surface area contributed by atoms with E-state index >= 15 is 0 Å². The van der Waals surface area contributed by atoms with Crippen molar-refractivity contribution < 1.29 is 11.3 Å². The van der Waals surface area contributed by atoms with Crippen LogP contribution in [0.1, 0.15) is 12.4 Å². The summed E-state index contributed by atoms with van der Waals surface area (Å²) >= 11 is 0. The molecule has 0 atom stereocenters. The third-order valence-electron chi connectivity index (χ3n) is 11.1. The van der Waals surface area contributed by atoms with Crippen molar-refractivity contribution in [1.82, 2.24) is 24.1 Å². The Morgan fingerprint density at radius 1 is 0.525 bits per heavy atom. The molecule has 0 aliphatic heterocycles. The summed E-state index contributed by atoms with van der Waals surface area (Å²) in [5.74, 6) is 1.28. The van der Waals surface area contributed by atoms with E-state index < -0.39 is 18.1 Å². The molecule has 7 nitrogen and oxygen atoms in total. The summed E-state index contributed by atoms with van der Waals surface area (Å²) in [5, 5.41) is 16.5. The van der Waals surface area contributed by atoms with Crippen molar-refractivity contribution in [2.24, 2.45) is 0 Å². The molecule has 0 amide bonds. The number of fused-ring (bicyclic) bond motifs is 10. The monoisotopic (exact) mass is 759 g/mol. The molecular formula is C52H30N6O. The zero-order valence-corrected chi connectivity index (χ0v) is 31.0. The fraction of sp³-hybridized carbons (Fsp3) is 0. The molecule has 59 heavy (non-hydrogen) atoms. The van der Waals surface area contributed by atoms with Crippen LogP contribution in [0.5, 0.6) is 0 Å². The van der Waals surface area contributed by atoms with Crippen LogP contribution >= 0.6 is 0 Å². The van der Waals surface area contributed by atoms with E-state index in [-0.39, 0.29) is 17.8 Å². The first kappa shape index (κ1) is 28.1. The predicted molar refractivity (Wildman–Crippen MR) is 237 cm³/mol. The van der Waals surface area contributed by atoms with E-state index in [0.29, 0.717) is 56.5 Å². The molecule has 0 unspecified atom stereocenters. The van der Waals surface area contributed by atoms with Crippen molar-refractivity contribution in [3.8, 4) is 51.6 Å². The predicted octanol–water partition coefficient (Wildman–Crippen LogP) is 12.8. The Hall–Kier alpha value is -8.34. The third-order valence-corrected chi connectivity index (χ3v) is 11.1. The molecule has 4 aromatic heterocycles. The smallest absolute Gasteiger partial charge is 0.167 e. The van der Waals surface area contributed by atoms with Gasteiger partial charge in [0.15, 0.2) is 17.5 Å². The normalized spacial score (nSPS) is 12.9. The number of rotatable bonds is 5. The van der Waals surface area contributed by atoms with Gasteiger partial charge in [-0.05, 0) is 60.6 Å². The summed E-state index contributed by atoms with van der Waals surface area (Å²) in [6.07, 6.45) is 0. The molecule has 0 radical (unpaired) electrons. The van der Waals surface area contributed by atoms with Crippen molar-refractivity contribution in [1.29, 1.82) is 5.26 Å². The minimum Gasteiger partial charge on any atom is -0.455 e. The number of aromatic nitrogens is 5. The Balaban J connectivity index is 1.11. The van der Waals surface area contributed by atoms with Gasteiger partial charge < -0.3 is 13.6 Å². The van der Waals surface area contributed by atoms with Crippen LogP contribution in [-0.4, -0.2) is 24.1 Å². The molecule has 12 rings (SSSR count). The van der Waals surface area contributed by atoms with Gasteiger partial charge in [0.2, 0.25) is 0 Å². The molecule has 0 fully saturated rings. The van der Waals surface area contributed by atoms with Crippen LogP contribution in [0.25, 0.3) is 111 Å². The first-order valence-electron chi connectivity index (χ1n) is 21.6. The summed E-state index contributed by atoms with van der Waals surface area (Å²) in [6.45, 7) is 0. The van der Waals surface area contributed by atoms with Crippen molar-refractivity contribution in [3.05, 3.63) is 187 Å². The Kier molecular flexibility index (Phi) is 6.12. The van der Waals surface area contributed by atoms with E-state index in [1.54, 1.807) is 4.57 Å². The SMILES string of the molecule is [2H]c1c([2H])c([2H])c(-n2c3ccccc3c3c2ccc2c4ccccc4n(-c4ccc(-c5nc(-c6ccccc6)nc(-c6cccc7c6oc6ccccc67)n5)cc4C#N)c23)c([2H])c1[2H]. The van der Waals surface area contributed by atoms with E-state index in [1.165, 1.54) is 0 Å². The fourth-order valence-electron chi connectivity index (χ4n) is 8.58. The molecule has 0 aliphatic carbocycles. The summed E-state index contributed by atoms with van der Waals surface area (Å²) in [4.78, 5) is 15.0. The minimum absolute atomic E-state index is 0.0597. The van der Waals surface area contributed by atoms with Crippen molar-refractivity contribution >= 4 is 65.6 Å². The number of benzene rings is 8. The standard InChI is InChI=1S/C52H30N6O/c53-31-34-30-33(51-54-50(32-14-3-1-4-15-32)55-52(56-51)41-22-13-21-39-37-19-9-12-25-46(37)59-49(39)41)26-28-42(34)58-43-23-10-7-18-36(43)38-27-29-45-47(48(38)58)40-20-8-11-24-44(40)57(45)35-16-5-2-6-17-35/h1-30H/i2D,5D,6D,16D,17D. The first-order valence-corrected chi connectivity index (χ1v) is 19.1. The fourth-order valence-corrected chi connectivity index (χ4v) is 8.58. The molecule has 12 aromatic rings. The van der Waals surface area contributed by atoms with Gasteiger partial charge in [-0.1, -0.05) is 121 Å². The highest BCUT2D eigenvalue weighted by Gasteiger charge is 2.23. The summed E-state index contributed by atoms with van der Waals surface area (Å²) in [6, 6.07) is 49.4. The van der Waals surface area contributed by atoms with Crippen LogP contribution in [0.4, 0.5) is 0 Å². The van der Waals surface area contributed by atoms with E-state index in [9.17, 15) is 5.26 Å². The second-order valence-corrected chi connectivity index (χ2v) is 14.3. The number of nitriles is 1. The van der Waals surface area contributed by atoms with E-state index in [1.807, 2.05) is 146 Å². The molecule has 0 bridgehead atoms. The van der Waals surface area contributed by atoms with Gasteiger partial charge in [-0.15, -0.1) is 0 Å². The maximum absolute atomic E-state index is 11.0. The highest BCUT2D eigenvalue weighted by atomic mass is 16.3. The van der Waals surface area contributed by atoms with Gasteiger partial charge in [-0.3, -0.25) is 0 Å². The zero-order valence-electron chi connectivity index (χ0n) is 36.0. The Morgan fingerprint density at radius 3 is 2.02 bits per heavy atom. The van der Waals surface area contributed by atoms with Gasteiger partial charge in [0.25, 0.3) is 0 Å².